The normalized spacial score (nSPS) is 10.3. The van der Waals surface area contributed by atoms with Crippen LogP contribution >= 0.6 is 0 Å². The highest BCUT2D eigenvalue weighted by Gasteiger charge is 2.10. The van der Waals surface area contributed by atoms with E-state index in [2.05, 4.69) is 5.32 Å². The largest absolute Gasteiger partial charge is 0.493 e. The maximum atomic E-state index is 13.5. The molecule has 1 amide bonds. The molecule has 0 aliphatic carbocycles. The van der Waals surface area contributed by atoms with E-state index in [1.807, 2.05) is 6.07 Å². The molecule has 2 aromatic rings. The molecule has 0 spiro atoms. The molecule has 0 fully saturated rings. The van der Waals surface area contributed by atoms with Gasteiger partial charge in [0.1, 0.15) is 11.6 Å². The van der Waals surface area contributed by atoms with E-state index in [4.69, 9.17) is 9.47 Å². The predicted octanol–water partition coefficient (Wildman–Crippen LogP) is 3.55. The maximum absolute atomic E-state index is 13.5. The number of aryl methyl sites for hydroxylation is 1. The number of anilines is 1. The highest BCUT2D eigenvalue weighted by molar-refractivity contribution is 5.90. The summed E-state index contributed by atoms with van der Waals surface area (Å²) in [6, 6.07) is 8.25. The summed E-state index contributed by atoms with van der Waals surface area (Å²) in [4.78, 5) is 11.9. The number of amides is 1. The van der Waals surface area contributed by atoms with Crippen LogP contribution in [0.4, 0.5) is 14.5 Å². The molecule has 0 aliphatic heterocycles. The Morgan fingerprint density at radius 1 is 1.04 bits per heavy atom. The molecule has 0 saturated heterocycles. The molecular formula is C17H17F2NO3. The van der Waals surface area contributed by atoms with Gasteiger partial charge in [0.15, 0.2) is 11.5 Å². The number of rotatable bonds is 6. The molecular weight excluding hydrogens is 304 g/mol. The molecule has 0 atom stereocenters. The summed E-state index contributed by atoms with van der Waals surface area (Å²) in [6.07, 6.45) is 0.564. The lowest BCUT2D eigenvalue weighted by atomic mass is 10.1. The van der Waals surface area contributed by atoms with Gasteiger partial charge in [0.2, 0.25) is 5.91 Å². The number of ether oxygens (including phenoxy) is 2. The third kappa shape index (κ3) is 4.42. The lowest BCUT2D eigenvalue weighted by Crippen LogP contribution is -2.13. The number of hydrogen-bond acceptors (Lipinski definition) is 3. The van der Waals surface area contributed by atoms with Gasteiger partial charge in [0.25, 0.3) is 0 Å². The number of halogens is 2. The van der Waals surface area contributed by atoms with E-state index < -0.39 is 17.5 Å². The fraction of sp³-hybridized carbons (Fsp3) is 0.235. The Bertz CT molecular complexity index is 704. The van der Waals surface area contributed by atoms with Crippen LogP contribution < -0.4 is 14.8 Å². The summed E-state index contributed by atoms with van der Waals surface area (Å²) in [7, 11) is 3.07. The van der Waals surface area contributed by atoms with Crippen LogP contribution in [0.15, 0.2) is 36.4 Å². The van der Waals surface area contributed by atoms with Gasteiger partial charge in [-0.3, -0.25) is 4.79 Å². The van der Waals surface area contributed by atoms with Gasteiger partial charge in [0, 0.05) is 12.5 Å². The van der Waals surface area contributed by atoms with E-state index in [1.54, 1.807) is 19.2 Å². The second-order valence-corrected chi connectivity index (χ2v) is 4.86. The van der Waals surface area contributed by atoms with Gasteiger partial charge in [-0.2, -0.15) is 0 Å². The Morgan fingerprint density at radius 3 is 2.48 bits per heavy atom. The van der Waals surface area contributed by atoms with E-state index in [-0.39, 0.29) is 12.1 Å². The Kier molecular flexibility index (Phi) is 5.51. The van der Waals surface area contributed by atoms with Gasteiger partial charge >= 0.3 is 0 Å². The number of nitrogens with one attached hydrogen (secondary N) is 1. The van der Waals surface area contributed by atoms with Crippen molar-refractivity contribution in [2.24, 2.45) is 0 Å². The zero-order chi connectivity index (χ0) is 16.8. The van der Waals surface area contributed by atoms with E-state index in [9.17, 15) is 13.6 Å². The summed E-state index contributed by atoms with van der Waals surface area (Å²) in [5.74, 6) is -0.513. The maximum Gasteiger partial charge on any atom is 0.224 e. The molecule has 6 heteroatoms. The van der Waals surface area contributed by atoms with Gasteiger partial charge in [-0.25, -0.2) is 8.78 Å². The molecule has 0 aromatic heterocycles. The van der Waals surface area contributed by atoms with Crippen molar-refractivity contribution < 1.29 is 23.0 Å². The van der Waals surface area contributed by atoms with Crippen molar-refractivity contribution in [1.29, 1.82) is 0 Å². The second-order valence-electron chi connectivity index (χ2n) is 4.86. The molecule has 23 heavy (non-hydrogen) atoms. The molecule has 0 bridgehead atoms. The molecule has 1 N–H and O–H groups in total. The summed E-state index contributed by atoms with van der Waals surface area (Å²) in [6.45, 7) is 0. The van der Waals surface area contributed by atoms with Gasteiger partial charge < -0.3 is 14.8 Å². The van der Waals surface area contributed by atoms with Gasteiger partial charge in [-0.15, -0.1) is 0 Å². The van der Waals surface area contributed by atoms with Crippen molar-refractivity contribution in [3.63, 3.8) is 0 Å². The minimum atomic E-state index is -0.675. The van der Waals surface area contributed by atoms with Crippen molar-refractivity contribution in [1.82, 2.24) is 0 Å². The highest BCUT2D eigenvalue weighted by Crippen LogP contribution is 2.28. The van der Waals surface area contributed by atoms with Crippen LogP contribution in [-0.2, 0) is 11.2 Å². The summed E-state index contributed by atoms with van der Waals surface area (Å²) in [5, 5.41) is 2.36. The third-order valence-corrected chi connectivity index (χ3v) is 3.29. The van der Waals surface area contributed by atoms with Crippen LogP contribution in [0, 0.1) is 11.6 Å². The highest BCUT2D eigenvalue weighted by atomic mass is 19.1. The topological polar surface area (TPSA) is 47.6 Å². The summed E-state index contributed by atoms with van der Waals surface area (Å²) < 4.78 is 36.9. The van der Waals surface area contributed by atoms with Crippen molar-refractivity contribution in [3.05, 3.63) is 53.6 Å². The Balaban J connectivity index is 1.98. The van der Waals surface area contributed by atoms with E-state index in [0.29, 0.717) is 17.9 Å². The van der Waals surface area contributed by atoms with Gasteiger partial charge in [-0.05, 0) is 36.2 Å². The first-order valence-corrected chi connectivity index (χ1v) is 6.99. The van der Waals surface area contributed by atoms with Crippen LogP contribution in [0.1, 0.15) is 12.0 Å². The van der Waals surface area contributed by atoms with Crippen LogP contribution in [0.5, 0.6) is 11.5 Å². The number of carbonyl (C=O) groups is 1. The first kappa shape index (κ1) is 16.7. The molecule has 0 aliphatic rings. The smallest absolute Gasteiger partial charge is 0.224 e. The van der Waals surface area contributed by atoms with Gasteiger partial charge in [0.05, 0.1) is 19.9 Å². The molecule has 122 valence electrons. The Hall–Kier alpha value is -2.63. The zero-order valence-electron chi connectivity index (χ0n) is 12.9. The average molecular weight is 321 g/mol. The fourth-order valence-electron chi connectivity index (χ4n) is 2.10. The van der Waals surface area contributed by atoms with Crippen LogP contribution in [-0.4, -0.2) is 20.1 Å². The monoisotopic (exact) mass is 321 g/mol. The summed E-state index contributed by atoms with van der Waals surface area (Å²) in [5.41, 5.74) is 0.708. The molecule has 2 rings (SSSR count). The minimum absolute atomic E-state index is 0.130. The lowest BCUT2D eigenvalue weighted by molar-refractivity contribution is -0.116. The van der Waals surface area contributed by atoms with Crippen molar-refractivity contribution >= 4 is 11.6 Å². The predicted molar refractivity (Wildman–Crippen MR) is 82.9 cm³/mol. The molecule has 0 unspecified atom stereocenters. The van der Waals surface area contributed by atoms with Crippen molar-refractivity contribution in [2.75, 3.05) is 19.5 Å². The fourth-order valence-corrected chi connectivity index (χ4v) is 2.10. The third-order valence-electron chi connectivity index (χ3n) is 3.29. The zero-order valence-corrected chi connectivity index (χ0v) is 12.9. The number of hydrogen-bond donors (Lipinski definition) is 1. The molecule has 4 nitrogen and oxygen atoms in total. The van der Waals surface area contributed by atoms with Gasteiger partial charge in [-0.1, -0.05) is 6.07 Å². The quantitative estimate of drug-likeness (QED) is 0.885. The molecule has 0 radical (unpaired) electrons. The van der Waals surface area contributed by atoms with Crippen molar-refractivity contribution in [3.8, 4) is 11.5 Å². The number of benzene rings is 2. The SMILES string of the molecule is COc1ccc(CCC(=O)Nc2cc(F)ccc2F)cc1OC. The van der Waals surface area contributed by atoms with E-state index >= 15 is 0 Å². The number of carbonyl (C=O) groups excluding carboxylic acids is 1. The molecule has 0 saturated carbocycles. The van der Waals surface area contributed by atoms with Crippen molar-refractivity contribution in [2.45, 2.75) is 12.8 Å². The molecule has 0 heterocycles. The van der Waals surface area contributed by atoms with E-state index in [1.165, 1.54) is 7.11 Å². The first-order chi connectivity index (χ1) is 11.0. The van der Waals surface area contributed by atoms with E-state index in [0.717, 1.165) is 23.8 Å². The molecule has 2 aromatic carbocycles. The second kappa shape index (κ2) is 7.58. The Morgan fingerprint density at radius 2 is 1.78 bits per heavy atom. The van der Waals surface area contributed by atoms with Crippen LogP contribution in [0.25, 0.3) is 0 Å². The lowest BCUT2D eigenvalue weighted by Gasteiger charge is -2.10. The number of methoxy groups -OCH3 is 2. The Labute approximate surface area is 133 Å². The standard InChI is InChI=1S/C17H17F2NO3/c1-22-15-7-3-11(9-16(15)23-2)4-8-17(21)20-14-10-12(18)5-6-13(14)19/h3,5-7,9-10H,4,8H2,1-2H3,(H,20,21). The average Bonchev–Trinajstić information content (AvgIpc) is 2.56. The summed E-state index contributed by atoms with van der Waals surface area (Å²) >= 11 is 0. The first-order valence-electron chi connectivity index (χ1n) is 6.99. The van der Waals surface area contributed by atoms with Crippen LogP contribution in [0.3, 0.4) is 0 Å². The van der Waals surface area contributed by atoms with Crippen LogP contribution in [0.2, 0.25) is 0 Å². The minimum Gasteiger partial charge on any atom is -0.493 e.